The van der Waals surface area contributed by atoms with Crippen molar-refractivity contribution in [2.45, 2.75) is 26.3 Å². The average Bonchev–Trinajstić information content (AvgIpc) is 2.21. The highest BCUT2D eigenvalue weighted by molar-refractivity contribution is 9.10. The molecule has 1 nitrogen and oxygen atoms in total. The lowest BCUT2D eigenvalue weighted by Gasteiger charge is -2.15. The van der Waals surface area contributed by atoms with Gasteiger partial charge in [0.05, 0.1) is 6.04 Å². The van der Waals surface area contributed by atoms with Gasteiger partial charge in [-0.25, -0.2) is 0 Å². The Balaban J connectivity index is 2.88. The Morgan fingerprint density at radius 3 is 2.80 bits per heavy atom. The summed E-state index contributed by atoms with van der Waals surface area (Å²) in [6.45, 7) is 5.16. The van der Waals surface area contributed by atoms with Crippen molar-refractivity contribution in [3.63, 3.8) is 0 Å². The molecule has 1 aromatic rings. The maximum absolute atomic E-state index is 5.53. The van der Waals surface area contributed by atoms with Crippen molar-refractivity contribution in [1.29, 1.82) is 0 Å². The minimum Gasteiger partial charge on any atom is -0.300 e. The van der Waals surface area contributed by atoms with Crippen LogP contribution in [0.2, 0.25) is 0 Å². The summed E-state index contributed by atoms with van der Waals surface area (Å²) in [6.07, 6.45) is 6.62. The van der Waals surface area contributed by atoms with Crippen LogP contribution in [-0.4, -0.2) is 6.54 Å². The standard InChI is InChI=1S/C13H16BrN/c1-4-8-15-13(5-2)12-7-6-11(14)9-10(12)3/h2,6-7,9,13,15H,4,8H2,1,3H3. The van der Waals surface area contributed by atoms with Crippen molar-refractivity contribution in [1.82, 2.24) is 5.32 Å². The smallest absolute Gasteiger partial charge is 0.0945 e. The van der Waals surface area contributed by atoms with Gasteiger partial charge in [0.1, 0.15) is 0 Å². The van der Waals surface area contributed by atoms with Crippen molar-refractivity contribution < 1.29 is 0 Å². The molecule has 0 fully saturated rings. The molecule has 0 heterocycles. The second-order valence-electron chi connectivity index (χ2n) is 3.55. The number of halogens is 1. The van der Waals surface area contributed by atoms with Gasteiger partial charge >= 0.3 is 0 Å². The van der Waals surface area contributed by atoms with Gasteiger partial charge in [-0.15, -0.1) is 6.42 Å². The fourth-order valence-electron chi connectivity index (χ4n) is 1.51. The Kier molecular flexibility index (Phi) is 4.87. The van der Waals surface area contributed by atoms with Gasteiger partial charge in [0.2, 0.25) is 0 Å². The van der Waals surface area contributed by atoms with Crippen LogP contribution in [0.5, 0.6) is 0 Å². The van der Waals surface area contributed by atoms with Crippen molar-refractivity contribution in [2.75, 3.05) is 6.54 Å². The first-order valence-electron chi connectivity index (χ1n) is 5.14. The molecule has 0 bridgehead atoms. The highest BCUT2D eigenvalue weighted by Crippen LogP contribution is 2.21. The summed E-state index contributed by atoms with van der Waals surface area (Å²) < 4.78 is 1.09. The van der Waals surface area contributed by atoms with E-state index in [1.54, 1.807) is 0 Å². The molecule has 15 heavy (non-hydrogen) atoms. The number of aryl methyl sites for hydroxylation is 1. The molecule has 0 aromatic heterocycles. The molecule has 0 radical (unpaired) electrons. The van der Waals surface area contributed by atoms with Gasteiger partial charge in [0.25, 0.3) is 0 Å². The van der Waals surface area contributed by atoms with E-state index in [9.17, 15) is 0 Å². The Bertz CT molecular complexity index is 365. The highest BCUT2D eigenvalue weighted by atomic mass is 79.9. The molecule has 0 spiro atoms. The monoisotopic (exact) mass is 265 g/mol. The third-order valence-electron chi connectivity index (χ3n) is 2.31. The molecule has 1 atom stereocenters. The molecule has 1 N–H and O–H groups in total. The Labute approximate surface area is 100 Å². The summed E-state index contributed by atoms with van der Waals surface area (Å²) in [6, 6.07) is 6.22. The van der Waals surface area contributed by atoms with Crippen LogP contribution in [0, 0.1) is 19.3 Å². The van der Waals surface area contributed by atoms with Gasteiger partial charge in [-0.1, -0.05) is 34.8 Å². The zero-order valence-electron chi connectivity index (χ0n) is 9.18. The minimum atomic E-state index is 0.0260. The van der Waals surface area contributed by atoms with Crippen molar-refractivity contribution in [3.8, 4) is 12.3 Å². The lowest BCUT2D eigenvalue weighted by molar-refractivity contribution is 0.624. The predicted molar refractivity (Wildman–Crippen MR) is 68.7 cm³/mol. The number of benzene rings is 1. The van der Waals surface area contributed by atoms with Crippen LogP contribution >= 0.6 is 15.9 Å². The van der Waals surface area contributed by atoms with Crippen molar-refractivity contribution in [2.24, 2.45) is 0 Å². The fourth-order valence-corrected chi connectivity index (χ4v) is 1.99. The Morgan fingerprint density at radius 2 is 2.27 bits per heavy atom. The van der Waals surface area contributed by atoms with Crippen molar-refractivity contribution in [3.05, 3.63) is 33.8 Å². The van der Waals surface area contributed by atoms with E-state index in [1.807, 2.05) is 6.07 Å². The molecule has 80 valence electrons. The van der Waals surface area contributed by atoms with Crippen LogP contribution < -0.4 is 5.32 Å². The number of terminal acetylenes is 1. The Morgan fingerprint density at radius 1 is 1.53 bits per heavy atom. The van der Waals surface area contributed by atoms with E-state index >= 15 is 0 Å². The lowest BCUT2D eigenvalue weighted by Crippen LogP contribution is -2.21. The first kappa shape index (κ1) is 12.3. The SMILES string of the molecule is C#CC(NCCC)c1ccc(Br)cc1C. The maximum atomic E-state index is 5.53. The first-order chi connectivity index (χ1) is 7.19. The average molecular weight is 266 g/mol. The van der Waals surface area contributed by atoms with E-state index in [4.69, 9.17) is 6.42 Å². The largest absolute Gasteiger partial charge is 0.300 e. The number of rotatable bonds is 4. The molecule has 0 saturated heterocycles. The normalized spacial score (nSPS) is 12.1. The van der Waals surface area contributed by atoms with Gasteiger partial charge in [-0.3, -0.25) is 5.32 Å². The first-order valence-corrected chi connectivity index (χ1v) is 5.94. The van der Waals surface area contributed by atoms with E-state index in [2.05, 4.69) is 53.1 Å². The van der Waals surface area contributed by atoms with Crippen LogP contribution in [0.25, 0.3) is 0 Å². The van der Waals surface area contributed by atoms with Crippen LogP contribution in [-0.2, 0) is 0 Å². The third-order valence-corrected chi connectivity index (χ3v) is 2.80. The minimum absolute atomic E-state index is 0.0260. The molecule has 2 heteroatoms. The summed E-state index contributed by atoms with van der Waals surface area (Å²) in [7, 11) is 0. The van der Waals surface area contributed by atoms with Crippen LogP contribution in [0.15, 0.2) is 22.7 Å². The van der Waals surface area contributed by atoms with Crippen LogP contribution in [0.3, 0.4) is 0 Å². The highest BCUT2D eigenvalue weighted by Gasteiger charge is 2.09. The van der Waals surface area contributed by atoms with Crippen molar-refractivity contribution >= 4 is 15.9 Å². The molecule has 0 amide bonds. The van der Waals surface area contributed by atoms with E-state index < -0.39 is 0 Å². The van der Waals surface area contributed by atoms with Gasteiger partial charge in [-0.05, 0) is 43.1 Å². The summed E-state index contributed by atoms with van der Waals surface area (Å²) in [4.78, 5) is 0. The van der Waals surface area contributed by atoms with Gasteiger partial charge in [0.15, 0.2) is 0 Å². The summed E-state index contributed by atoms with van der Waals surface area (Å²) in [5.41, 5.74) is 2.41. The van der Waals surface area contributed by atoms with Gasteiger partial charge in [0, 0.05) is 4.47 Å². The third kappa shape index (κ3) is 3.37. The summed E-state index contributed by atoms with van der Waals surface area (Å²) in [5.74, 6) is 2.79. The molecule has 1 aromatic carbocycles. The molecular formula is C13H16BrN. The van der Waals surface area contributed by atoms with Crippen LogP contribution in [0.4, 0.5) is 0 Å². The lowest BCUT2D eigenvalue weighted by atomic mass is 10.0. The second-order valence-corrected chi connectivity index (χ2v) is 4.47. The molecule has 1 rings (SSSR count). The summed E-state index contributed by atoms with van der Waals surface area (Å²) in [5, 5.41) is 3.34. The molecule has 0 aliphatic rings. The quantitative estimate of drug-likeness (QED) is 0.823. The molecule has 0 saturated carbocycles. The number of hydrogen-bond acceptors (Lipinski definition) is 1. The number of hydrogen-bond donors (Lipinski definition) is 1. The predicted octanol–water partition coefficient (Wildman–Crippen LogP) is 3.43. The van der Waals surface area contributed by atoms with Gasteiger partial charge < -0.3 is 0 Å². The van der Waals surface area contributed by atoms with E-state index in [1.165, 1.54) is 11.1 Å². The fraction of sp³-hybridized carbons (Fsp3) is 0.385. The summed E-state index contributed by atoms with van der Waals surface area (Å²) >= 11 is 3.45. The number of nitrogens with one attached hydrogen (secondary N) is 1. The zero-order chi connectivity index (χ0) is 11.3. The maximum Gasteiger partial charge on any atom is 0.0945 e. The molecule has 1 unspecified atom stereocenters. The van der Waals surface area contributed by atoms with Crippen LogP contribution in [0.1, 0.15) is 30.5 Å². The topological polar surface area (TPSA) is 12.0 Å². The zero-order valence-corrected chi connectivity index (χ0v) is 10.8. The van der Waals surface area contributed by atoms with Gasteiger partial charge in [-0.2, -0.15) is 0 Å². The van der Waals surface area contributed by atoms with E-state index in [0.717, 1.165) is 17.4 Å². The molecule has 0 aliphatic carbocycles. The Hall–Kier alpha value is -0.780. The van der Waals surface area contributed by atoms with E-state index in [0.29, 0.717) is 0 Å². The molecular weight excluding hydrogens is 250 g/mol. The molecule has 0 aliphatic heterocycles. The van der Waals surface area contributed by atoms with E-state index in [-0.39, 0.29) is 6.04 Å². The second kappa shape index (κ2) is 5.95.